The molecule has 0 atom stereocenters. The van der Waals surface area contributed by atoms with Crippen LogP contribution in [-0.4, -0.2) is 36.0 Å². The predicted octanol–water partition coefficient (Wildman–Crippen LogP) is 4.81. The zero-order valence-corrected chi connectivity index (χ0v) is 16.2. The summed E-state index contributed by atoms with van der Waals surface area (Å²) in [7, 11) is 1.64. The fraction of sp³-hybridized carbons (Fsp3) is 0.208. The maximum atomic E-state index is 12.5. The Balaban J connectivity index is 1.46. The molecule has 4 nitrogen and oxygen atoms in total. The van der Waals surface area contributed by atoms with Gasteiger partial charge in [-0.1, -0.05) is 36.4 Å². The molecule has 0 saturated carbocycles. The number of amides is 1. The van der Waals surface area contributed by atoms with Gasteiger partial charge in [-0.15, -0.1) is 0 Å². The van der Waals surface area contributed by atoms with E-state index < -0.39 is 0 Å². The largest absolute Gasteiger partial charge is 0.497 e. The van der Waals surface area contributed by atoms with Crippen LogP contribution >= 0.6 is 0 Å². The second-order valence-corrected chi connectivity index (χ2v) is 7.07. The van der Waals surface area contributed by atoms with Crippen molar-refractivity contribution in [2.24, 2.45) is 0 Å². The first-order valence-electron chi connectivity index (χ1n) is 9.53. The minimum absolute atomic E-state index is 0.0351. The Bertz CT molecular complexity index is 1080. The van der Waals surface area contributed by atoms with Crippen molar-refractivity contribution in [2.45, 2.75) is 13.3 Å². The summed E-state index contributed by atoms with van der Waals surface area (Å²) in [6.07, 6.45) is 8.60. The Morgan fingerprint density at radius 2 is 2.07 bits per heavy atom. The van der Waals surface area contributed by atoms with Crippen LogP contribution in [0.4, 0.5) is 0 Å². The highest BCUT2D eigenvalue weighted by molar-refractivity contribution is 5.96. The molecule has 4 rings (SSSR count). The summed E-state index contributed by atoms with van der Waals surface area (Å²) in [5.74, 6) is 0.821. The topological polar surface area (TPSA) is 45.3 Å². The van der Waals surface area contributed by atoms with Gasteiger partial charge >= 0.3 is 0 Å². The molecule has 0 radical (unpaired) electrons. The Hall–Kier alpha value is -3.27. The zero-order valence-electron chi connectivity index (χ0n) is 16.2. The number of hydrogen-bond donors (Lipinski definition) is 1. The number of aromatic nitrogens is 1. The van der Waals surface area contributed by atoms with Crippen LogP contribution in [0.1, 0.15) is 23.1 Å². The number of rotatable bonds is 4. The molecule has 2 aromatic carbocycles. The van der Waals surface area contributed by atoms with Gasteiger partial charge in [0.1, 0.15) is 5.75 Å². The summed E-state index contributed by atoms with van der Waals surface area (Å²) in [6.45, 7) is 3.48. The molecular formula is C24H24N2O2. The van der Waals surface area contributed by atoms with E-state index in [4.69, 9.17) is 4.74 Å². The van der Waals surface area contributed by atoms with Gasteiger partial charge in [-0.25, -0.2) is 0 Å². The third-order valence-electron chi connectivity index (χ3n) is 5.30. The molecule has 3 aromatic rings. The van der Waals surface area contributed by atoms with E-state index in [0.29, 0.717) is 6.54 Å². The van der Waals surface area contributed by atoms with E-state index in [1.807, 2.05) is 35.2 Å². The van der Waals surface area contributed by atoms with Crippen molar-refractivity contribution in [3.8, 4) is 5.75 Å². The van der Waals surface area contributed by atoms with Crippen LogP contribution in [0.5, 0.6) is 5.75 Å². The van der Waals surface area contributed by atoms with Crippen LogP contribution in [0.15, 0.2) is 60.8 Å². The molecule has 1 aromatic heterocycles. The summed E-state index contributed by atoms with van der Waals surface area (Å²) >= 11 is 0. The summed E-state index contributed by atoms with van der Waals surface area (Å²) in [6, 6.07) is 14.1. The summed E-state index contributed by atoms with van der Waals surface area (Å²) < 4.78 is 5.22. The van der Waals surface area contributed by atoms with Gasteiger partial charge < -0.3 is 14.6 Å². The van der Waals surface area contributed by atoms with Crippen LogP contribution in [0.3, 0.4) is 0 Å². The second-order valence-electron chi connectivity index (χ2n) is 7.07. The molecule has 1 N–H and O–H groups in total. The van der Waals surface area contributed by atoms with Crippen LogP contribution in [-0.2, 0) is 4.79 Å². The lowest BCUT2D eigenvalue weighted by atomic mass is 9.98. The average molecular weight is 372 g/mol. The Morgan fingerprint density at radius 1 is 1.21 bits per heavy atom. The molecule has 0 unspecified atom stereocenters. The van der Waals surface area contributed by atoms with Crippen molar-refractivity contribution in [1.82, 2.24) is 9.88 Å². The van der Waals surface area contributed by atoms with E-state index in [0.717, 1.165) is 24.3 Å². The number of methoxy groups -OCH3 is 1. The molecule has 2 heterocycles. The molecule has 28 heavy (non-hydrogen) atoms. The number of fused-ring (bicyclic) bond motifs is 1. The fourth-order valence-electron chi connectivity index (χ4n) is 3.70. The van der Waals surface area contributed by atoms with Crippen molar-refractivity contribution in [3.05, 3.63) is 77.5 Å². The number of ether oxygens (including phenoxy) is 1. The molecular weight excluding hydrogens is 348 g/mol. The van der Waals surface area contributed by atoms with E-state index >= 15 is 0 Å². The van der Waals surface area contributed by atoms with Crippen LogP contribution in [0, 0.1) is 6.92 Å². The lowest BCUT2D eigenvalue weighted by molar-refractivity contribution is -0.125. The molecule has 0 bridgehead atoms. The number of para-hydroxylation sites is 1. The summed E-state index contributed by atoms with van der Waals surface area (Å²) in [5, 5.41) is 1.25. The molecule has 0 saturated heterocycles. The van der Waals surface area contributed by atoms with Crippen LogP contribution in [0.2, 0.25) is 0 Å². The molecule has 0 spiro atoms. The number of nitrogens with one attached hydrogen (secondary N) is 1. The highest BCUT2D eigenvalue weighted by Crippen LogP contribution is 2.30. The van der Waals surface area contributed by atoms with Crippen LogP contribution in [0.25, 0.3) is 22.6 Å². The molecule has 1 aliphatic heterocycles. The number of benzene rings is 2. The monoisotopic (exact) mass is 372 g/mol. The SMILES string of the molecule is COc1cccc(/C=C/C(=O)N2CC=C(c3c[nH]c4c(C)cccc34)CC2)c1. The maximum absolute atomic E-state index is 12.5. The number of carbonyl (C=O) groups excluding carboxylic acids is 1. The van der Waals surface area contributed by atoms with Crippen molar-refractivity contribution in [1.29, 1.82) is 0 Å². The van der Waals surface area contributed by atoms with Crippen molar-refractivity contribution in [3.63, 3.8) is 0 Å². The van der Waals surface area contributed by atoms with E-state index in [1.54, 1.807) is 13.2 Å². The zero-order chi connectivity index (χ0) is 19.5. The summed E-state index contributed by atoms with van der Waals surface area (Å²) in [5.41, 5.74) is 5.95. The number of hydrogen-bond acceptors (Lipinski definition) is 2. The van der Waals surface area contributed by atoms with Gasteiger partial charge in [-0.2, -0.15) is 0 Å². The normalized spacial score (nSPS) is 14.5. The highest BCUT2D eigenvalue weighted by Gasteiger charge is 2.18. The van der Waals surface area contributed by atoms with Crippen molar-refractivity contribution >= 4 is 28.5 Å². The maximum Gasteiger partial charge on any atom is 0.246 e. The number of aromatic amines is 1. The predicted molar refractivity (Wildman–Crippen MR) is 114 cm³/mol. The van der Waals surface area contributed by atoms with Crippen LogP contribution < -0.4 is 4.74 Å². The quantitative estimate of drug-likeness (QED) is 0.668. The van der Waals surface area contributed by atoms with Gasteiger partial charge in [-0.3, -0.25) is 4.79 Å². The van der Waals surface area contributed by atoms with E-state index in [1.165, 1.54) is 27.6 Å². The van der Waals surface area contributed by atoms with E-state index in [2.05, 4.69) is 42.4 Å². The number of H-pyrrole nitrogens is 1. The molecule has 1 amide bonds. The first-order valence-corrected chi connectivity index (χ1v) is 9.53. The molecule has 1 aliphatic rings. The molecule has 142 valence electrons. The van der Waals surface area contributed by atoms with Gasteiger partial charge in [0, 0.05) is 41.8 Å². The molecule has 0 aliphatic carbocycles. The lowest BCUT2D eigenvalue weighted by Crippen LogP contribution is -2.33. The Morgan fingerprint density at radius 3 is 2.86 bits per heavy atom. The first kappa shape index (κ1) is 18.1. The number of nitrogens with zero attached hydrogens (tertiary/aromatic N) is 1. The van der Waals surface area contributed by atoms with Gasteiger partial charge in [-0.05, 0) is 48.3 Å². The third kappa shape index (κ3) is 3.58. The first-order chi connectivity index (χ1) is 13.7. The van der Waals surface area contributed by atoms with Crippen molar-refractivity contribution < 1.29 is 9.53 Å². The fourth-order valence-corrected chi connectivity index (χ4v) is 3.70. The molecule has 0 fully saturated rings. The standard InChI is InChI=1S/C24H24N2O2/c1-17-5-3-8-21-22(16-25-24(17)21)19-11-13-26(14-12-19)23(27)10-9-18-6-4-7-20(15-18)28-2/h3-11,15-16,25H,12-14H2,1-2H3/b10-9+. The van der Waals surface area contributed by atoms with Gasteiger partial charge in [0.15, 0.2) is 0 Å². The Labute approximate surface area is 165 Å². The van der Waals surface area contributed by atoms with Crippen molar-refractivity contribution in [2.75, 3.05) is 20.2 Å². The minimum atomic E-state index is 0.0351. The third-order valence-corrected chi connectivity index (χ3v) is 5.30. The van der Waals surface area contributed by atoms with E-state index in [-0.39, 0.29) is 5.91 Å². The van der Waals surface area contributed by atoms with E-state index in [9.17, 15) is 4.79 Å². The smallest absolute Gasteiger partial charge is 0.246 e. The Kier molecular flexibility index (Phi) is 5.02. The molecule has 4 heteroatoms. The highest BCUT2D eigenvalue weighted by atomic mass is 16.5. The van der Waals surface area contributed by atoms with Gasteiger partial charge in [0.2, 0.25) is 5.91 Å². The average Bonchev–Trinajstić information content (AvgIpc) is 3.18. The minimum Gasteiger partial charge on any atom is -0.497 e. The van der Waals surface area contributed by atoms with Gasteiger partial charge in [0.25, 0.3) is 0 Å². The number of aryl methyl sites for hydroxylation is 1. The lowest BCUT2D eigenvalue weighted by Gasteiger charge is -2.25. The number of carbonyl (C=O) groups is 1. The van der Waals surface area contributed by atoms with Gasteiger partial charge in [0.05, 0.1) is 7.11 Å². The summed E-state index contributed by atoms with van der Waals surface area (Å²) in [4.78, 5) is 17.8. The second kappa shape index (κ2) is 7.77.